The number of urea groups is 1. The van der Waals surface area contributed by atoms with Crippen LogP contribution in [0.2, 0.25) is 0 Å². The van der Waals surface area contributed by atoms with Crippen molar-refractivity contribution in [3.8, 4) is 11.5 Å². The van der Waals surface area contributed by atoms with Gasteiger partial charge in [0.05, 0.1) is 14.2 Å². The molecule has 2 amide bonds. The lowest BCUT2D eigenvalue weighted by Crippen LogP contribution is -2.32. The van der Waals surface area contributed by atoms with Crippen LogP contribution < -0.4 is 14.8 Å². The van der Waals surface area contributed by atoms with Gasteiger partial charge in [-0.1, -0.05) is 6.07 Å². The number of amides is 2. The summed E-state index contributed by atoms with van der Waals surface area (Å²) in [4.78, 5) is 13.7. The van der Waals surface area contributed by atoms with Crippen LogP contribution >= 0.6 is 0 Å². The van der Waals surface area contributed by atoms with Gasteiger partial charge >= 0.3 is 6.03 Å². The van der Waals surface area contributed by atoms with Crippen molar-refractivity contribution < 1.29 is 18.7 Å². The highest BCUT2D eigenvalue weighted by molar-refractivity contribution is 5.89. The maximum atomic E-state index is 12.9. The number of methoxy groups -OCH3 is 2. The number of rotatable bonds is 6. The van der Waals surface area contributed by atoms with Gasteiger partial charge in [-0.3, -0.25) is 0 Å². The zero-order valence-electron chi connectivity index (χ0n) is 14.0. The van der Waals surface area contributed by atoms with Gasteiger partial charge in [-0.25, -0.2) is 9.18 Å². The number of likely N-dealkylation sites (N-methyl/N-ethyl adjacent to an activating group) is 1. The van der Waals surface area contributed by atoms with Gasteiger partial charge in [-0.05, 0) is 48.4 Å². The molecule has 0 fully saturated rings. The second-order valence-corrected chi connectivity index (χ2v) is 5.30. The number of nitrogens with zero attached hydrogens (tertiary/aromatic N) is 1. The Morgan fingerprint density at radius 3 is 2.38 bits per heavy atom. The fraction of sp³-hybridized carbons (Fsp3) is 0.278. The summed E-state index contributed by atoms with van der Waals surface area (Å²) in [7, 11) is 4.88. The van der Waals surface area contributed by atoms with Gasteiger partial charge in [0.1, 0.15) is 5.82 Å². The van der Waals surface area contributed by atoms with Crippen LogP contribution in [0.15, 0.2) is 42.5 Å². The molecule has 0 heterocycles. The first kappa shape index (κ1) is 17.6. The summed E-state index contributed by atoms with van der Waals surface area (Å²) in [5, 5.41) is 2.72. The summed E-state index contributed by atoms with van der Waals surface area (Å²) in [6.45, 7) is 0.530. The molecule has 0 atom stereocenters. The Labute approximate surface area is 141 Å². The number of anilines is 1. The predicted octanol–water partition coefficient (Wildman–Crippen LogP) is 3.55. The summed E-state index contributed by atoms with van der Waals surface area (Å²) < 4.78 is 23.3. The molecule has 128 valence electrons. The number of carbonyl (C=O) groups is 1. The molecule has 0 unspecified atom stereocenters. The minimum absolute atomic E-state index is 0.248. The van der Waals surface area contributed by atoms with Crippen LogP contribution in [-0.2, 0) is 6.42 Å². The molecule has 5 nitrogen and oxygen atoms in total. The van der Waals surface area contributed by atoms with Crippen molar-refractivity contribution in [1.82, 2.24) is 4.90 Å². The molecule has 2 aromatic rings. The van der Waals surface area contributed by atoms with Gasteiger partial charge < -0.3 is 19.7 Å². The molecule has 0 aliphatic carbocycles. The van der Waals surface area contributed by atoms with E-state index in [0.29, 0.717) is 30.2 Å². The van der Waals surface area contributed by atoms with E-state index in [-0.39, 0.29) is 11.8 Å². The van der Waals surface area contributed by atoms with Crippen LogP contribution in [0, 0.1) is 5.82 Å². The summed E-state index contributed by atoms with van der Waals surface area (Å²) in [6.07, 6.45) is 0.674. The van der Waals surface area contributed by atoms with E-state index in [4.69, 9.17) is 9.47 Å². The quantitative estimate of drug-likeness (QED) is 0.880. The third-order valence-corrected chi connectivity index (χ3v) is 3.63. The van der Waals surface area contributed by atoms with E-state index in [0.717, 1.165) is 5.56 Å². The van der Waals surface area contributed by atoms with Gasteiger partial charge in [0.2, 0.25) is 0 Å². The van der Waals surface area contributed by atoms with E-state index >= 15 is 0 Å². The van der Waals surface area contributed by atoms with Crippen molar-refractivity contribution >= 4 is 11.7 Å². The molecule has 0 aliphatic heterocycles. The van der Waals surface area contributed by atoms with Crippen molar-refractivity contribution in [3.05, 3.63) is 53.8 Å². The predicted molar refractivity (Wildman–Crippen MR) is 91.3 cm³/mol. The zero-order valence-corrected chi connectivity index (χ0v) is 14.0. The smallest absolute Gasteiger partial charge is 0.321 e. The van der Waals surface area contributed by atoms with E-state index in [9.17, 15) is 9.18 Å². The van der Waals surface area contributed by atoms with Crippen molar-refractivity contribution in [2.24, 2.45) is 0 Å². The Bertz CT molecular complexity index is 689. The van der Waals surface area contributed by atoms with Crippen molar-refractivity contribution in [2.75, 3.05) is 33.1 Å². The Kier molecular flexibility index (Phi) is 6.01. The number of ether oxygens (including phenoxy) is 2. The molecule has 2 rings (SSSR count). The van der Waals surface area contributed by atoms with E-state index in [1.165, 1.54) is 24.3 Å². The van der Waals surface area contributed by atoms with Crippen molar-refractivity contribution in [2.45, 2.75) is 6.42 Å². The molecule has 0 saturated heterocycles. The van der Waals surface area contributed by atoms with Crippen molar-refractivity contribution in [1.29, 1.82) is 0 Å². The van der Waals surface area contributed by atoms with Gasteiger partial charge in [0, 0.05) is 19.3 Å². The summed E-state index contributed by atoms with van der Waals surface area (Å²) in [5.41, 5.74) is 1.59. The maximum absolute atomic E-state index is 12.9. The minimum Gasteiger partial charge on any atom is -0.493 e. The number of hydrogen-bond acceptors (Lipinski definition) is 3. The zero-order chi connectivity index (χ0) is 17.5. The van der Waals surface area contributed by atoms with Crippen LogP contribution in [0.25, 0.3) is 0 Å². The molecular formula is C18H21FN2O3. The molecule has 6 heteroatoms. The lowest BCUT2D eigenvalue weighted by molar-refractivity contribution is 0.223. The van der Waals surface area contributed by atoms with Gasteiger partial charge in [0.15, 0.2) is 11.5 Å². The van der Waals surface area contributed by atoms with Gasteiger partial charge in [-0.15, -0.1) is 0 Å². The normalized spacial score (nSPS) is 10.2. The van der Waals surface area contributed by atoms with Crippen LogP contribution in [0.5, 0.6) is 11.5 Å². The van der Waals surface area contributed by atoms with E-state index in [1.807, 2.05) is 18.2 Å². The second kappa shape index (κ2) is 8.19. The highest BCUT2D eigenvalue weighted by atomic mass is 19.1. The van der Waals surface area contributed by atoms with E-state index < -0.39 is 0 Å². The van der Waals surface area contributed by atoms with Crippen LogP contribution in [0.3, 0.4) is 0 Å². The second-order valence-electron chi connectivity index (χ2n) is 5.30. The summed E-state index contributed by atoms with van der Waals surface area (Å²) in [5.74, 6) is 0.992. The van der Waals surface area contributed by atoms with Crippen LogP contribution in [-0.4, -0.2) is 38.7 Å². The molecule has 0 aromatic heterocycles. The fourth-order valence-corrected chi connectivity index (χ4v) is 2.19. The molecule has 0 spiro atoms. The van der Waals surface area contributed by atoms with Gasteiger partial charge in [0.25, 0.3) is 0 Å². The Morgan fingerprint density at radius 1 is 1.08 bits per heavy atom. The lowest BCUT2D eigenvalue weighted by Gasteiger charge is -2.18. The molecular weight excluding hydrogens is 311 g/mol. The maximum Gasteiger partial charge on any atom is 0.321 e. The fourth-order valence-electron chi connectivity index (χ4n) is 2.19. The van der Waals surface area contributed by atoms with Gasteiger partial charge in [-0.2, -0.15) is 0 Å². The first-order valence-electron chi connectivity index (χ1n) is 7.52. The largest absolute Gasteiger partial charge is 0.493 e. The highest BCUT2D eigenvalue weighted by Crippen LogP contribution is 2.27. The third-order valence-electron chi connectivity index (χ3n) is 3.63. The SMILES string of the molecule is COc1ccc(CCN(C)C(=O)Nc2ccc(F)cc2)cc1OC. The topological polar surface area (TPSA) is 50.8 Å². The number of halogens is 1. The lowest BCUT2D eigenvalue weighted by atomic mass is 10.1. The molecule has 0 radical (unpaired) electrons. The Balaban J connectivity index is 1.91. The molecule has 0 saturated carbocycles. The molecule has 0 bridgehead atoms. The average molecular weight is 332 g/mol. The molecule has 1 N–H and O–H groups in total. The molecule has 0 aliphatic rings. The van der Waals surface area contributed by atoms with Crippen LogP contribution in [0.4, 0.5) is 14.9 Å². The standard InChI is InChI=1S/C18H21FN2O3/c1-21(18(22)20-15-7-5-14(19)6-8-15)11-10-13-4-9-16(23-2)17(12-13)24-3/h4-9,12H,10-11H2,1-3H3,(H,20,22). The van der Waals surface area contributed by atoms with E-state index in [1.54, 1.807) is 26.2 Å². The molecule has 2 aromatic carbocycles. The minimum atomic E-state index is -0.338. The van der Waals surface area contributed by atoms with Crippen LogP contribution in [0.1, 0.15) is 5.56 Å². The Morgan fingerprint density at radius 2 is 1.75 bits per heavy atom. The first-order valence-corrected chi connectivity index (χ1v) is 7.52. The van der Waals surface area contributed by atoms with E-state index in [2.05, 4.69) is 5.32 Å². The first-order chi connectivity index (χ1) is 11.5. The number of hydrogen-bond donors (Lipinski definition) is 1. The monoisotopic (exact) mass is 332 g/mol. The Hall–Kier alpha value is -2.76. The average Bonchev–Trinajstić information content (AvgIpc) is 2.61. The number of carbonyl (C=O) groups excluding carboxylic acids is 1. The number of benzene rings is 2. The third kappa shape index (κ3) is 4.62. The van der Waals surface area contributed by atoms with Crippen molar-refractivity contribution in [3.63, 3.8) is 0 Å². The highest BCUT2D eigenvalue weighted by Gasteiger charge is 2.10. The number of nitrogens with one attached hydrogen (secondary N) is 1. The summed E-state index contributed by atoms with van der Waals surface area (Å²) in [6, 6.07) is 11.1. The summed E-state index contributed by atoms with van der Waals surface area (Å²) >= 11 is 0. The molecule has 24 heavy (non-hydrogen) atoms.